The molecular weight excluding hydrogens is 293 g/mol. The van der Waals surface area contributed by atoms with Crippen LogP contribution in [0.15, 0.2) is 24.4 Å². The summed E-state index contributed by atoms with van der Waals surface area (Å²) in [6.45, 7) is 0. The monoisotopic (exact) mass is 307 g/mol. The average Bonchev–Trinajstić information content (AvgIpc) is 2.48. The van der Waals surface area contributed by atoms with Gasteiger partial charge in [-0.2, -0.15) is 0 Å². The summed E-state index contributed by atoms with van der Waals surface area (Å²) >= 11 is 12.3. The first kappa shape index (κ1) is 13.8. The van der Waals surface area contributed by atoms with Gasteiger partial charge in [0.2, 0.25) is 0 Å². The van der Waals surface area contributed by atoms with Crippen molar-refractivity contribution in [3.8, 4) is 11.4 Å². The van der Waals surface area contributed by atoms with Crippen LogP contribution in [-0.2, 0) is 6.42 Å². The Bertz CT molecular complexity index is 643. The lowest BCUT2D eigenvalue weighted by Crippen LogP contribution is -2.22. The highest BCUT2D eigenvalue weighted by atomic mass is 35.5. The highest BCUT2D eigenvalue weighted by Crippen LogP contribution is 2.32. The molecule has 20 heavy (non-hydrogen) atoms. The van der Waals surface area contributed by atoms with Gasteiger partial charge in [0, 0.05) is 34.1 Å². The van der Waals surface area contributed by atoms with Crippen LogP contribution in [0.25, 0.3) is 11.4 Å². The quantitative estimate of drug-likeness (QED) is 0.909. The molecule has 0 fully saturated rings. The Hall–Kier alpha value is -1.16. The molecule has 0 saturated carbocycles. The Morgan fingerprint density at radius 2 is 2.15 bits per heavy atom. The van der Waals surface area contributed by atoms with Gasteiger partial charge in [0.15, 0.2) is 5.82 Å². The first-order valence-corrected chi connectivity index (χ1v) is 7.43. The van der Waals surface area contributed by atoms with Crippen LogP contribution in [0.1, 0.15) is 30.1 Å². The fourth-order valence-corrected chi connectivity index (χ4v) is 3.02. The zero-order valence-corrected chi connectivity index (χ0v) is 12.7. The van der Waals surface area contributed by atoms with Crippen molar-refractivity contribution in [1.29, 1.82) is 0 Å². The summed E-state index contributed by atoms with van der Waals surface area (Å²) in [5.41, 5.74) is 3.09. The molecule has 3 nitrogen and oxygen atoms in total. The van der Waals surface area contributed by atoms with Crippen LogP contribution >= 0.6 is 23.2 Å². The van der Waals surface area contributed by atoms with Gasteiger partial charge in [0.05, 0.1) is 5.02 Å². The Morgan fingerprint density at radius 1 is 1.30 bits per heavy atom. The van der Waals surface area contributed by atoms with Gasteiger partial charge < -0.3 is 5.32 Å². The molecule has 0 saturated heterocycles. The first-order chi connectivity index (χ1) is 9.69. The molecule has 1 aromatic heterocycles. The van der Waals surface area contributed by atoms with Crippen molar-refractivity contribution in [3.05, 3.63) is 45.7 Å². The largest absolute Gasteiger partial charge is 0.313 e. The number of hydrogen-bond acceptors (Lipinski definition) is 3. The summed E-state index contributed by atoms with van der Waals surface area (Å²) in [5, 5.41) is 4.57. The van der Waals surface area contributed by atoms with Crippen LogP contribution in [0, 0.1) is 0 Å². The lowest BCUT2D eigenvalue weighted by Gasteiger charge is -2.24. The Kier molecular flexibility index (Phi) is 3.92. The minimum absolute atomic E-state index is 0.350. The number of halogens is 2. The molecule has 0 radical (unpaired) electrons. The van der Waals surface area contributed by atoms with E-state index in [0.717, 1.165) is 30.5 Å². The van der Waals surface area contributed by atoms with E-state index in [9.17, 15) is 0 Å². The maximum Gasteiger partial charge on any atom is 0.160 e. The molecule has 0 aliphatic heterocycles. The predicted molar refractivity (Wildman–Crippen MR) is 82.2 cm³/mol. The summed E-state index contributed by atoms with van der Waals surface area (Å²) in [5.74, 6) is 0.646. The molecule has 0 amide bonds. The minimum atomic E-state index is 0.350. The van der Waals surface area contributed by atoms with E-state index in [-0.39, 0.29) is 0 Å². The summed E-state index contributed by atoms with van der Waals surface area (Å²) in [6.07, 6.45) is 5.17. The number of fused-ring (bicyclic) bond motifs is 1. The standard InChI is InChI=1S/C15H15Cl2N3/c1-18-13-3-2-4-14-11(13)8-19-15(20-14)10-7-9(16)5-6-12(10)17/h5-8,13,18H,2-4H2,1H3. The van der Waals surface area contributed by atoms with Gasteiger partial charge in [0.25, 0.3) is 0 Å². The van der Waals surface area contributed by atoms with E-state index in [1.807, 2.05) is 19.3 Å². The molecule has 5 heteroatoms. The maximum absolute atomic E-state index is 6.22. The first-order valence-electron chi connectivity index (χ1n) is 6.67. The van der Waals surface area contributed by atoms with E-state index in [1.165, 1.54) is 5.56 Å². The SMILES string of the molecule is CNC1CCCc2nc(-c3cc(Cl)ccc3Cl)ncc21. The van der Waals surface area contributed by atoms with Crippen LogP contribution in [0.5, 0.6) is 0 Å². The van der Waals surface area contributed by atoms with E-state index in [2.05, 4.69) is 15.3 Å². The van der Waals surface area contributed by atoms with E-state index >= 15 is 0 Å². The van der Waals surface area contributed by atoms with Gasteiger partial charge in [0.1, 0.15) is 0 Å². The third-order valence-corrected chi connectivity index (χ3v) is 4.26. The summed E-state index contributed by atoms with van der Waals surface area (Å²) in [6, 6.07) is 5.70. The molecule has 0 bridgehead atoms. The van der Waals surface area contributed by atoms with Crippen molar-refractivity contribution < 1.29 is 0 Å². The molecule has 1 unspecified atom stereocenters. The third-order valence-electron chi connectivity index (χ3n) is 3.70. The average molecular weight is 308 g/mol. The lowest BCUT2D eigenvalue weighted by molar-refractivity contribution is 0.488. The van der Waals surface area contributed by atoms with Crippen molar-refractivity contribution in [2.24, 2.45) is 0 Å². The van der Waals surface area contributed by atoms with Crippen molar-refractivity contribution in [2.75, 3.05) is 7.05 Å². The number of benzene rings is 1. The van der Waals surface area contributed by atoms with Crippen LogP contribution in [0.4, 0.5) is 0 Å². The van der Waals surface area contributed by atoms with Crippen molar-refractivity contribution in [1.82, 2.24) is 15.3 Å². The van der Waals surface area contributed by atoms with Crippen molar-refractivity contribution in [3.63, 3.8) is 0 Å². The highest BCUT2D eigenvalue weighted by molar-refractivity contribution is 6.35. The Balaban J connectivity index is 2.06. The van der Waals surface area contributed by atoms with E-state index in [0.29, 0.717) is 21.9 Å². The van der Waals surface area contributed by atoms with Crippen LogP contribution < -0.4 is 5.32 Å². The summed E-state index contributed by atoms with van der Waals surface area (Å²) in [4.78, 5) is 9.16. The molecule has 3 rings (SSSR count). The fraction of sp³-hybridized carbons (Fsp3) is 0.333. The van der Waals surface area contributed by atoms with E-state index in [1.54, 1.807) is 12.1 Å². The van der Waals surface area contributed by atoms with E-state index in [4.69, 9.17) is 23.2 Å². The summed E-state index contributed by atoms with van der Waals surface area (Å²) < 4.78 is 0. The molecule has 1 aliphatic rings. The molecule has 1 atom stereocenters. The lowest BCUT2D eigenvalue weighted by atomic mass is 9.92. The predicted octanol–water partition coefficient (Wildman–Crippen LogP) is 4.05. The zero-order chi connectivity index (χ0) is 14.1. The topological polar surface area (TPSA) is 37.8 Å². The minimum Gasteiger partial charge on any atom is -0.313 e. The van der Waals surface area contributed by atoms with Crippen LogP contribution in [0.3, 0.4) is 0 Å². The van der Waals surface area contributed by atoms with Gasteiger partial charge in [-0.05, 0) is 44.5 Å². The van der Waals surface area contributed by atoms with Gasteiger partial charge >= 0.3 is 0 Å². The second-order valence-electron chi connectivity index (χ2n) is 4.95. The second-order valence-corrected chi connectivity index (χ2v) is 5.80. The van der Waals surface area contributed by atoms with Gasteiger partial charge in [-0.3, -0.25) is 0 Å². The molecule has 2 aromatic rings. The molecule has 1 aromatic carbocycles. The molecule has 104 valence electrons. The Labute approximate surface area is 128 Å². The third kappa shape index (κ3) is 2.53. The highest BCUT2D eigenvalue weighted by Gasteiger charge is 2.21. The number of hydrogen-bond donors (Lipinski definition) is 1. The number of nitrogens with zero attached hydrogens (tertiary/aromatic N) is 2. The number of aromatic nitrogens is 2. The molecule has 1 heterocycles. The second kappa shape index (κ2) is 5.68. The normalized spacial score (nSPS) is 17.9. The number of aryl methyl sites for hydroxylation is 1. The maximum atomic E-state index is 6.22. The molecule has 0 spiro atoms. The number of rotatable bonds is 2. The van der Waals surface area contributed by atoms with Gasteiger partial charge in [-0.15, -0.1) is 0 Å². The smallest absolute Gasteiger partial charge is 0.160 e. The van der Waals surface area contributed by atoms with Gasteiger partial charge in [-0.25, -0.2) is 9.97 Å². The summed E-state index contributed by atoms with van der Waals surface area (Å²) in [7, 11) is 1.97. The molecule has 1 aliphatic carbocycles. The van der Waals surface area contributed by atoms with Crippen LogP contribution in [-0.4, -0.2) is 17.0 Å². The molecule has 1 N–H and O–H groups in total. The van der Waals surface area contributed by atoms with Crippen LogP contribution in [0.2, 0.25) is 10.0 Å². The zero-order valence-electron chi connectivity index (χ0n) is 11.2. The van der Waals surface area contributed by atoms with E-state index < -0.39 is 0 Å². The fourth-order valence-electron chi connectivity index (χ4n) is 2.65. The Morgan fingerprint density at radius 3 is 2.95 bits per heavy atom. The number of nitrogens with one attached hydrogen (secondary N) is 1. The van der Waals surface area contributed by atoms with Crippen molar-refractivity contribution >= 4 is 23.2 Å². The van der Waals surface area contributed by atoms with Gasteiger partial charge in [-0.1, -0.05) is 23.2 Å². The molecular formula is C15H15Cl2N3. The van der Waals surface area contributed by atoms with Crippen molar-refractivity contribution in [2.45, 2.75) is 25.3 Å².